The highest BCUT2D eigenvalue weighted by atomic mass is 32.2. The Balaban J connectivity index is 1.65. The van der Waals surface area contributed by atoms with Gasteiger partial charge in [0.2, 0.25) is 0 Å². The van der Waals surface area contributed by atoms with E-state index in [1.807, 2.05) is 12.1 Å². The Morgan fingerprint density at radius 2 is 1.25 bits per heavy atom. The number of hydrogen-bond acceptors (Lipinski definition) is 2. The number of rotatable bonds is 5. The molecule has 0 saturated carbocycles. The van der Waals surface area contributed by atoms with Crippen LogP contribution < -0.4 is 0 Å². The molecule has 0 saturated heterocycles. The molecule has 0 aliphatic heterocycles. The molecule has 1 aliphatic rings. The van der Waals surface area contributed by atoms with Crippen LogP contribution in [0.2, 0.25) is 0 Å². The van der Waals surface area contributed by atoms with Gasteiger partial charge in [-0.1, -0.05) is 63.2 Å². The van der Waals surface area contributed by atoms with Crippen LogP contribution in [0.25, 0.3) is 0 Å². The van der Waals surface area contributed by atoms with E-state index in [-0.39, 0.29) is 5.75 Å². The summed E-state index contributed by atoms with van der Waals surface area (Å²) < 4.78 is 24.0. The van der Waals surface area contributed by atoms with Gasteiger partial charge < -0.3 is 0 Å². The molecule has 0 spiro atoms. The van der Waals surface area contributed by atoms with Crippen molar-refractivity contribution in [1.29, 1.82) is 0 Å². The minimum absolute atomic E-state index is 0.107. The normalized spacial score (nSPS) is 22.3. The number of hydrogen-bond donors (Lipinski definition) is 0. The number of fused-ring (bicyclic) bond motifs is 1. The minimum atomic E-state index is -3.14. The summed E-state index contributed by atoms with van der Waals surface area (Å²) in [6.45, 7) is 12.3. The molecule has 2 aromatic carbocycles. The first-order valence-corrected chi connectivity index (χ1v) is 12.1. The molecule has 0 radical (unpaired) electrons. The molecule has 0 amide bonds. The summed E-state index contributed by atoms with van der Waals surface area (Å²) in [4.78, 5) is 0. The second-order valence-corrected chi connectivity index (χ2v) is 12.3. The summed E-state index contributed by atoms with van der Waals surface area (Å²) in [6.07, 6.45) is 1.99. The molecule has 0 N–H and O–H groups in total. The molecule has 2 aromatic rings. The first-order chi connectivity index (χ1) is 13.0. The van der Waals surface area contributed by atoms with Crippen LogP contribution in [0.1, 0.15) is 81.2 Å². The van der Waals surface area contributed by atoms with Gasteiger partial charge in [-0.05, 0) is 79.2 Å². The number of sulfone groups is 1. The summed E-state index contributed by atoms with van der Waals surface area (Å²) in [5.74, 6) is 2.10. The maximum absolute atomic E-state index is 12.4. The van der Waals surface area contributed by atoms with Crippen LogP contribution >= 0.6 is 0 Å². The zero-order valence-electron chi connectivity index (χ0n) is 18.1. The van der Waals surface area contributed by atoms with Crippen molar-refractivity contribution in [3.8, 4) is 0 Å². The van der Waals surface area contributed by atoms with Gasteiger partial charge in [0.15, 0.2) is 9.84 Å². The van der Waals surface area contributed by atoms with Crippen molar-refractivity contribution < 1.29 is 8.42 Å². The van der Waals surface area contributed by atoms with E-state index in [0.29, 0.717) is 17.8 Å². The number of benzene rings is 2. The molecule has 0 aromatic heterocycles. The highest BCUT2D eigenvalue weighted by molar-refractivity contribution is 7.91. The lowest BCUT2D eigenvalue weighted by Crippen LogP contribution is -2.29. The van der Waals surface area contributed by atoms with Gasteiger partial charge in [-0.3, -0.25) is 0 Å². The van der Waals surface area contributed by atoms with Gasteiger partial charge >= 0.3 is 0 Å². The quantitative estimate of drug-likeness (QED) is 0.615. The standard InChI is InChI=1S/C25H34O2S/c1-17-18(2)23-14-13-21(15-24(23)19(17)3)10-7-20-8-11-22(12-9-20)16-28(26,27)25(4,5)6/h8-9,11-15,17-19H,7,10,16H2,1-6H3. The van der Waals surface area contributed by atoms with Gasteiger partial charge in [0.1, 0.15) is 0 Å². The van der Waals surface area contributed by atoms with Gasteiger partial charge in [0.25, 0.3) is 0 Å². The smallest absolute Gasteiger partial charge is 0.159 e. The Hall–Kier alpha value is -1.61. The van der Waals surface area contributed by atoms with E-state index in [9.17, 15) is 8.42 Å². The lowest BCUT2D eigenvalue weighted by atomic mass is 9.91. The summed E-state index contributed by atoms with van der Waals surface area (Å²) >= 11 is 0. The summed E-state index contributed by atoms with van der Waals surface area (Å²) in [5.41, 5.74) is 6.57. The molecule has 3 unspecified atom stereocenters. The predicted molar refractivity (Wildman–Crippen MR) is 119 cm³/mol. The molecule has 3 rings (SSSR count). The van der Waals surface area contributed by atoms with Crippen molar-refractivity contribution in [3.05, 3.63) is 70.3 Å². The summed E-state index contributed by atoms with van der Waals surface area (Å²) in [5, 5.41) is 0. The van der Waals surface area contributed by atoms with E-state index < -0.39 is 14.6 Å². The topological polar surface area (TPSA) is 34.1 Å². The SMILES string of the molecule is CC1c2ccc(CCc3ccc(CS(=O)(=O)C(C)(C)C)cc3)cc2C(C)C1C. The third kappa shape index (κ3) is 4.20. The molecule has 0 fully saturated rings. The number of aryl methyl sites for hydroxylation is 2. The summed E-state index contributed by atoms with van der Waals surface area (Å²) in [7, 11) is -3.14. The maximum atomic E-state index is 12.4. The van der Waals surface area contributed by atoms with Crippen LogP contribution in [-0.4, -0.2) is 13.2 Å². The van der Waals surface area contributed by atoms with Crippen LogP contribution in [0.15, 0.2) is 42.5 Å². The molecule has 1 aliphatic carbocycles. The second kappa shape index (κ2) is 7.67. The first kappa shape index (κ1) is 21.1. The highest BCUT2D eigenvalue weighted by Gasteiger charge is 2.32. The lowest BCUT2D eigenvalue weighted by molar-refractivity contribution is 0.464. The largest absolute Gasteiger partial charge is 0.228 e. The monoisotopic (exact) mass is 398 g/mol. The molecule has 152 valence electrons. The molecule has 0 heterocycles. The van der Waals surface area contributed by atoms with Gasteiger partial charge in [0, 0.05) is 0 Å². The first-order valence-electron chi connectivity index (χ1n) is 10.4. The van der Waals surface area contributed by atoms with Crippen LogP contribution in [-0.2, 0) is 28.4 Å². The van der Waals surface area contributed by atoms with E-state index in [1.54, 1.807) is 20.8 Å². The van der Waals surface area contributed by atoms with E-state index in [1.165, 1.54) is 22.3 Å². The molecular weight excluding hydrogens is 364 g/mol. The van der Waals surface area contributed by atoms with Crippen molar-refractivity contribution in [2.24, 2.45) is 5.92 Å². The Morgan fingerprint density at radius 3 is 1.86 bits per heavy atom. The molecule has 28 heavy (non-hydrogen) atoms. The second-order valence-electron chi connectivity index (χ2n) is 9.59. The van der Waals surface area contributed by atoms with Crippen molar-refractivity contribution >= 4 is 9.84 Å². The molecule has 0 bridgehead atoms. The Morgan fingerprint density at radius 1 is 0.750 bits per heavy atom. The molecule has 3 heteroatoms. The van der Waals surface area contributed by atoms with Crippen LogP contribution in [0.3, 0.4) is 0 Å². The fraction of sp³-hybridized carbons (Fsp3) is 0.520. The van der Waals surface area contributed by atoms with Gasteiger partial charge in [0.05, 0.1) is 10.5 Å². The van der Waals surface area contributed by atoms with Crippen LogP contribution in [0.4, 0.5) is 0 Å². The van der Waals surface area contributed by atoms with Crippen molar-refractivity contribution in [3.63, 3.8) is 0 Å². The van der Waals surface area contributed by atoms with Crippen LogP contribution in [0, 0.1) is 5.92 Å². The van der Waals surface area contributed by atoms with E-state index in [0.717, 1.165) is 18.4 Å². The molecular formula is C25H34O2S. The van der Waals surface area contributed by atoms with Crippen molar-refractivity contribution in [2.45, 2.75) is 76.7 Å². The molecule has 2 nitrogen and oxygen atoms in total. The fourth-order valence-electron chi connectivity index (χ4n) is 4.11. The van der Waals surface area contributed by atoms with Gasteiger partial charge in [-0.15, -0.1) is 0 Å². The Labute approximate surface area is 171 Å². The van der Waals surface area contributed by atoms with Crippen molar-refractivity contribution in [1.82, 2.24) is 0 Å². The third-order valence-electron chi connectivity index (χ3n) is 6.72. The maximum Gasteiger partial charge on any atom is 0.159 e. The Bertz CT molecular complexity index is 934. The van der Waals surface area contributed by atoms with E-state index >= 15 is 0 Å². The van der Waals surface area contributed by atoms with E-state index in [2.05, 4.69) is 51.1 Å². The minimum Gasteiger partial charge on any atom is -0.228 e. The average Bonchev–Trinajstić information content (AvgIpc) is 2.84. The van der Waals surface area contributed by atoms with Gasteiger partial charge in [-0.25, -0.2) is 8.42 Å². The molecule has 3 atom stereocenters. The summed E-state index contributed by atoms with van der Waals surface area (Å²) in [6, 6.07) is 15.1. The highest BCUT2D eigenvalue weighted by Crippen LogP contribution is 2.46. The fourth-order valence-corrected chi connectivity index (χ4v) is 5.18. The zero-order chi connectivity index (χ0) is 20.7. The van der Waals surface area contributed by atoms with Gasteiger partial charge in [-0.2, -0.15) is 0 Å². The average molecular weight is 399 g/mol. The van der Waals surface area contributed by atoms with Crippen molar-refractivity contribution in [2.75, 3.05) is 0 Å². The Kier molecular flexibility index (Phi) is 5.78. The zero-order valence-corrected chi connectivity index (χ0v) is 18.9. The van der Waals surface area contributed by atoms with E-state index in [4.69, 9.17) is 0 Å². The lowest BCUT2D eigenvalue weighted by Gasteiger charge is -2.19. The predicted octanol–water partition coefficient (Wildman–Crippen LogP) is 6.04. The van der Waals surface area contributed by atoms with Crippen LogP contribution in [0.5, 0.6) is 0 Å². The third-order valence-corrected chi connectivity index (χ3v) is 9.30.